The van der Waals surface area contributed by atoms with Crippen molar-refractivity contribution in [2.45, 2.75) is 25.2 Å². The highest BCUT2D eigenvalue weighted by Gasteiger charge is 2.17. The lowest BCUT2D eigenvalue weighted by Gasteiger charge is -2.14. The minimum atomic E-state index is -3.35. The predicted octanol–water partition coefficient (Wildman–Crippen LogP) is 4.52. The van der Waals surface area contributed by atoms with Gasteiger partial charge in [-0.2, -0.15) is 9.78 Å². The number of benzene rings is 2. The molecule has 0 saturated heterocycles. The van der Waals surface area contributed by atoms with Crippen LogP contribution in [0.2, 0.25) is 5.02 Å². The molecular weight excluding hydrogens is 443 g/mol. The number of nitrogens with zero attached hydrogens (tertiary/aromatic N) is 2. The SMILES string of the molecule is CC(C)CCOc1c(-c2ccc(S(C)(=O)=O)cc2)cnn(-c2ccc(F)c(Cl)c2)c1=O. The van der Waals surface area contributed by atoms with Crippen LogP contribution in [0, 0.1) is 11.7 Å². The van der Waals surface area contributed by atoms with E-state index in [1.165, 1.54) is 30.5 Å². The van der Waals surface area contributed by atoms with E-state index in [4.69, 9.17) is 16.3 Å². The Morgan fingerprint density at radius 2 is 1.84 bits per heavy atom. The number of hydrogen-bond acceptors (Lipinski definition) is 5. The van der Waals surface area contributed by atoms with Crippen LogP contribution in [0.5, 0.6) is 5.75 Å². The molecule has 0 N–H and O–H groups in total. The van der Waals surface area contributed by atoms with E-state index in [1.54, 1.807) is 12.1 Å². The summed E-state index contributed by atoms with van der Waals surface area (Å²) in [5.41, 5.74) is 0.777. The van der Waals surface area contributed by atoms with Crippen molar-refractivity contribution in [2.75, 3.05) is 12.9 Å². The molecule has 164 valence electrons. The molecule has 31 heavy (non-hydrogen) atoms. The number of sulfone groups is 1. The van der Waals surface area contributed by atoms with E-state index in [0.717, 1.165) is 23.4 Å². The fourth-order valence-corrected chi connectivity index (χ4v) is 3.67. The molecule has 0 amide bonds. The van der Waals surface area contributed by atoms with Gasteiger partial charge in [-0.3, -0.25) is 4.79 Å². The van der Waals surface area contributed by atoms with Gasteiger partial charge in [0.25, 0.3) is 0 Å². The fraction of sp³-hybridized carbons (Fsp3) is 0.273. The molecule has 0 atom stereocenters. The molecule has 0 saturated carbocycles. The van der Waals surface area contributed by atoms with E-state index in [1.807, 2.05) is 13.8 Å². The second kappa shape index (κ2) is 9.20. The molecule has 0 aliphatic heterocycles. The van der Waals surface area contributed by atoms with Crippen LogP contribution in [0.15, 0.2) is 58.4 Å². The summed E-state index contributed by atoms with van der Waals surface area (Å²) in [6, 6.07) is 9.99. The van der Waals surface area contributed by atoms with Gasteiger partial charge in [-0.05, 0) is 48.2 Å². The van der Waals surface area contributed by atoms with Gasteiger partial charge in [0.1, 0.15) is 5.82 Å². The second-order valence-corrected chi connectivity index (χ2v) is 9.95. The Labute approximate surface area is 185 Å². The number of ether oxygens (including phenoxy) is 1. The largest absolute Gasteiger partial charge is 0.487 e. The lowest BCUT2D eigenvalue weighted by Crippen LogP contribution is -2.24. The van der Waals surface area contributed by atoms with Crippen LogP contribution in [0.25, 0.3) is 16.8 Å². The monoisotopic (exact) mass is 464 g/mol. The molecule has 0 radical (unpaired) electrons. The van der Waals surface area contributed by atoms with Gasteiger partial charge in [0.2, 0.25) is 0 Å². The van der Waals surface area contributed by atoms with Crippen LogP contribution >= 0.6 is 11.6 Å². The van der Waals surface area contributed by atoms with Crippen LogP contribution in [0.1, 0.15) is 20.3 Å². The van der Waals surface area contributed by atoms with E-state index >= 15 is 0 Å². The van der Waals surface area contributed by atoms with Crippen molar-refractivity contribution in [3.05, 3.63) is 69.9 Å². The first-order chi connectivity index (χ1) is 14.6. The van der Waals surface area contributed by atoms with Gasteiger partial charge in [0.05, 0.1) is 28.4 Å². The average molecular weight is 465 g/mol. The van der Waals surface area contributed by atoms with Gasteiger partial charge in [-0.1, -0.05) is 37.6 Å². The summed E-state index contributed by atoms with van der Waals surface area (Å²) in [5.74, 6) is -0.157. The third kappa shape index (κ3) is 5.32. The Morgan fingerprint density at radius 1 is 1.16 bits per heavy atom. The summed E-state index contributed by atoms with van der Waals surface area (Å²) in [4.78, 5) is 13.4. The second-order valence-electron chi connectivity index (χ2n) is 7.53. The van der Waals surface area contributed by atoms with Crippen molar-refractivity contribution < 1.29 is 17.5 Å². The molecule has 0 unspecified atom stereocenters. The standard InChI is InChI=1S/C22H22ClFN2O4S/c1-14(2)10-11-30-21-18(15-4-7-17(8-5-15)31(3,28)29)13-25-26(22(21)27)16-6-9-20(24)19(23)12-16/h4-9,12-14H,10-11H2,1-3H3. The summed E-state index contributed by atoms with van der Waals surface area (Å²) in [6.45, 7) is 4.40. The Bertz CT molecular complexity index is 1260. The zero-order valence-electron chi connectivity index (χ0n) is 17.3. The number of halogens is 2. The van der Waals surface area contributed by atoms with E-state index in [2.05, 4.69) is 5.10 Å². The first-order valence-electron chi connectivity index (χ1n) is 9.59. The maximum atomic E-state index is 13.5. The predicted molar refractivity (Wildman–Crippen MR) is 118 cm³/mol. The molecule has 9 heteroatoms. The number of rotatable bonds is 7. The maximum absolute atomic E-state index is 13.5. The van der Waals surface area contributed by atoms with Crippen LogP contribution in [-0.2, 0) is 9.84 Å². The van der Waals surface area contributed by atoms with Crippen LogP contribution < -0.4 is 10.3 Å². The summed E-state index contributed by atoms with van der Waals surface area (Å²) >= 11 is 5.85. The van der Waals surface area contributed by atoms with Gasteiger partial charge in [0, 0.05) is 11.8 Å². The average Bonchev–Trinajstić information content (AvgIpc) is 2.70. The van der Waals surface area contributed by atoms with Gasteiger partial charge < -0.3 is 4.74 Å². The zero-order valence-corrected chi connectivity index (χ0v) is 18.9. The Hall–Kier alpha value is -2.71. The third-order valence-corrected chi connectivity index (χ3v) is 6.03. The molecule has 2 aromatic carbocycles. The highest BCUT2D eigenvalue weighted by atomic mass is 35.5. The van der Waals surface area contributed by atoms with Gasteiger partial charge >= 0.3 is 5.56 Å². The molecular formula is C22H22ClFN2O4S. The van der Waals surface area contributed by atoms with E-state index < -0.39 is 21.2 Å². The smallest absolute Gasteiger partial charge is 0.314 e. The van der Waals surface area contributed by atoms with Crippen LogP contribution in [0.3, 0.4) is 0 Å². The van der Waals surface area contributed by atoms with E-state index in [-0.39, 0.29) is 15.7 Å². The quantitative estimate of drug-likeness (QED) is 0.513. The Kier molecular flexibility index (Phi) is 6.81. The fourth-order valence-electron chi connectivity index (χ4n) is 2.86. The maximum Gasteiger partial charge on any atom is 0.314 e. The lowest BCUT2D eigenvalue weighted by atomic mass is 10.1. The Balaban J connectivity index is 2.11. The van der Waals surface area contributed by atoms with Crippen LogP contribution in [0.4, 0.5) is 4.39 Å². The van der Waals surface area contributed by atoms with E-state index in [9.17, 15) is 17.6 Å². The molecule has 0 aliphatic carbocycles. The molecule has 0 spiro atoms. The van der Waals surface area contributed by atoms with Crippen molar-refractivity contribution >= 4 is 21.4 Å². The molecule has 0 aliphatic rings. The number of hydrogen-bond donors (Lipinski definition) is 0. The summed E-state index contributed by atoms with van der Waals surface area (Å²) in [5, 5.41) is 4.06. The van der Waals surface area contributed by atoms with E-state index in [0.29, 0.717) is 29.3 Å². The van der Waals surface area contributed by atoms with Crippen LogP contribution in [-0.4, -0.2) is 31.1 Å². The van der Waals surface area contributed by atoms with Gasteiger partial charge in [0.15, 0.2) is 15.6 Å². The first kappa shape index (κ1) is 23.0. The van der Waals surface area contributed by atoms with Gasteiger partial charge in [-0.15, -0.1) is 0 Å². The first-order valence-corrected chi connectivity index (χ1v) is 11.9. The molecule has 3 aromatic rings. The highest BCUT2D eigenvalue weighted by molar-refractivity contribution is 7.90. The Morgan fingerprint density at radius 3 is 2.42 bits per heavy atom. The highest BCUT2D eigenvalue weighted by Crippen LogP contribution is 2.28. The molecule has 0 bridgehead atoms. The molecule has 1 heterocycles. The number of aromatic nitrogens is 2. The van der Waals surface area contributed by atoms with Gasteiger partial charge in [-0.25, -0.2) is 12.8 Å². The minimum absolute atomic E-state index is 0.0724. The van der Waals surface area contributed by atoms with Crippen molar-refractivity contribution in [3.8, 4) is 22.6 Å². The molecule has 0 fully saturated rings. The lowest BCUT2D eigenvalue weighted by molar-refractivity contribution is 0.285. The molecule has 3 rings (SSSR count). The zero-order chi connectivity index (χ0) is 22.8. The summed E-state index contributed by atoms with van der Waals surface area (Å²) in [6.07, 6.45) is 3.31. The summed E-state index contributed by atoms with van der Waals surface area (Å²) in [7, 11) is -3.35. The summed E-state index contributed by atoms with van der Waals surface area (Å²) < 4.78 is 43.9. The van der Waals surface area contributed by atoms with Crippen molar-refractivity contribution in [2.24, 2.45) is 5.92 Å². The van der Waals surface area contributed by atoms with Crippen molar-refractivity contribution in [1.82, 2.24) is 9.78 Å². The van der Waals surface area contributed by atoms with Crippen molar-refractivity contribution in [1.29, 1.82) is 0 Å². The normalized spacial score (nSPS) is 11.7. The van der Waals surface area contributed by atoms with Crippen molar-refractivity contribution in [3.63, 3.8) is 0 Å². The topological polar surface area (TPSA) is 78.3 Å². The molecule has 1 aromatic heterocycles. The minimum Gasteiger partial charge on any atom is -0.487 e. The molecule has 6 nitrogen and oxygen atoms in total. The third-order valence-electron chi connectivity index (χ3n) is 4.62.